The Morgan fingerprint density at radius 1 is 1.45 bits per heavy atom. The van der Waals surface area contributed by atoms with Gasteiger partial charge in [0.1, 0.15) is 0 Å². The van der Waals surface area contributed by atoms with Crippen LogP contribution in [0.15, 0.2) is 23.5 Å². The number of thiophene rings is 1. The van der Waals surface area contributed by atoms with E-state index in [-0.39, 0.29) is 6.54 Å². The Bertz CT molecular complexity index is 727. The minimum atomic E-state index is -3.45. The quantitative estimate of drug-likeness (QED) is 0.922. The molecule has 0 spiro atoms. The van der Waals surface area contributed by atoms with E-state index in [0.29, 0.717) is 10.9 Å². The van der Waals surface area contributed by atoms with Crippen molar-refractivity contribution in [3.63, 3.8) is 0 Å². The number of rotatable bonds is 5. The summed E-state index contributed by atoms with van der Waals surface area (Å²) < 4.78 is 29.4. The molecule has 0 aromatic carbocycles. The molecule has 0 unspecified atom stereocenters. The van der Waals surface area contributed by atoms with E-state index >= 15 is 0 Å². The molecule has 20 heavy (non-hydrogen) atoms. The maximum absolute atomic E-state index is 12.3. The molecule has 2 aromatic rings. The normalized spacial score (nSPS) is 15.7. The zero-order chi connectivity index (χ0) is 14.3. The molecular formula is C13H17N3O2S2. The van der Waals surface area contributed by atoms with Gasteiger partial charge in [0.15, 0.2) is 0 Å². The molecular weight excluding hydrogens is 294 g/mol. The second-order valence-electron chi connectivity index (χ2n) is 5.13. The highest BCUT2D eigenvalue weighted by Gasteiger charge is 2.26. The average Bonchev–Trinajstić information content (AvgIpc) is 3.01. The van der Waals surface area contributed by atoms with Crippen LogP contribution in [0.3, 0.4) is 0 Å². The third-order valence-corrected chi connectivity index (χ3v) is 6.04. The van der Waals surface area contributed by atoms with Gasteiger partial charge >= 0.3 is 0 Å². The van der Waals surface area contributed by atoms with Crippen LogP contribution < -0.4 is 4.72 Å². The second kappa shape index (κ2) is 4.98. The fraction of sp³-hybridized carbons (Fsp3) is 0.462. The number of aromatic nitrogens is 2. The van der Waals surface area contributed by atoms with Crippen molar-refractivity contribution in [2.75, 3.05) is 0 Å². The minimum absolute atomic E-state index is 0.285. The summed E-state index contributed by atoms with van der Waals surface area (Å²) in [6.07, 6.45) is 5.81. The Labute approximate surface area is 122 Å². The first-order chi connectivity index (χ1) is 9.47. The molecule has 1 aliphatic carbocycles. The first-order valence-corrected chi connectivity index (χ1v) is 8.85. The van der Waals surface area contributed by atoms with Crippen molar-refractivity contribution in [2.45, 2.75) is 44.2 Å². The van der Waals surface area contributed by atoms with Crippen molar-refractivity contribution < 1.29 is 8.42 Å². The molecule has 1 fully saturated rings. The molecule has 2 heterocycles. The lowest BCUT2D eigenvalue weighted by atomic mass is 10.4. The van der Waals surface area contributed by atoms with Gasteiger partial charge in [0.05, 0.1) is 23.5 Å². The highest BCUT2D eigenvalue weighted by atomic mass is 32.2. The Morgan fingerprint density at radius 2 is 2.20 bits per heavy atom. The smallest absolute Gasteiger partial charge is 0.242 e. The molecule has 1 aliphatic rings. The molecule has 0 amide bonds. The van der Waals surface area contributed by atoms with E-state index in [1.807, 2.05) is 13.8 Å². The van der Waals surface area contributed by atoms with Gasteiger partial charge in [-0.2, -0.15) is 0 Å². The maximum atomic E-state index is 12.3. The van der Waals surface area contributed by atoms with Crippen LogP contribution in [0.4, 0.5) is 0 Å². The number of aryl methyl sites for hydroxylation is 2. The summed E-state index contributed by atoms with van der Waals surface area (Å²) in [5.41, 5.74) is 0.917. The summed E-state index contributed by atoms with van der Waals surface area (Å²) in [6.45, 7) is 4.03. The highest BCUT2D eigenvalue weighted by molar-refractivity contribution is 7.89. The SMILES string of the molecule is Cc1cc(S(=O)(=O)NCc2cncn2C2CC2)c(C)s1. The lowest BCUT2D eigenvalue weighted by molar-refractivity contribution is 0.576. The fourth-order valence-corrected chi connectivity index (χ4v) is 4.82. The number of nitrogens with zero attached hydrogens (tertiary/aromatic N) is 2. The molecule has 1 N–H and O–H groups in total. The summed E-state index contributed by atoms with van der Waals surface area (Å²) >= 11 is 1.50. The van der Waals surface area contributed by atoms with Crippen LogP contribution in [0.25, 0.3) is 0 Å². The van der Waals surface area contributed by atoms with Crippen molar-refractivity contribution in [2.24, 2.45) is 0 Å². The molecule has 0 atom stereocenters. The number of nitrogens with one attached hydrogen (secondary N) is 1. The molecule has 0 radical (unpaired) electrons. The van der Waals surface area contributed by atoms with Crippen LogP contribution in [0.2, 0.25) is 0 Å². The van der Waals surface area contributed by atoms with E-state index in [2.05, 4.69) is 14.3 Å². The van der Waals surface area contributed by atoms with Crippen LogP contribution >= 0.6 is 11.3 Å². The fourth-order valence-electron chi connectivity index (χ4n) is 2.27. The Morgan fingerprint density at radius 3 is 2.80 bits per heavy atom. The molecule has 0 bridgehead atoms. The van der Waals surface area contributed by atoms with Crippen molar-refractivity contribution >= 4 is 21.4 Å². The minimum Gasteiger partial charge on any atom is -0.330 e. The van der Waals surface area contributed by atoms with E-state index in [0.717, 1.165) is 28.3 Å². The lowest BCUT2D eigenvalue weighted by Crippen LogP contribution is -2.24. The highest BCUT2D eigenvalue weighted by Crippen LogP contribution is 2.35. The summed E-state index contributed by atoms with van der Waals surface area (Å²) in [7, 11) is -3.45. The van der Waals surface area contributed by atoms with E-state index in [1.54, 1.807) is 18.6 Å². The molecule has 2 aromatic heterocycles. The van der Waals surface area contributed by atoms with Crippen molar-refractivity contribution in [1.29, 1.82) is 0 Å². The first kappa shape index (κ1) is 13.8. The van der Waals surface area contributed by atoms with Crippen LogP contribution in [-0.2, 0) is 16.6 Å². The molecule has 3 rings (SSSR count). The molecule has 7 heteroatoms. The van der Waals surface area contributed by atoms with Gasteiger partial charge in [-0.3, -0.25) is 0 Å². The molecule has 108 valence electrons. The summed E-state index contributed by atoms with van der Waals surface area (Å²) in [6, 6.07) is 2.22. The van der Waals surface area contributed by atoms with Gasteiger partial charge in [-0.1, -0.05) is 0 Å². The van der Waals surface area contributed by atoms with E-state index in [1.165, 1.54) is 11.3 Å². The van der Waals surface area contributed by atoms with Gasteiger partial charge in [0.2, 0.25) is 10.0 Å². The third-order valence-electron chi connectivity index (χ3n) is 3.41. The standard InChI is InChI=1S/C13H17N3O2S2/c1-9-5-13(10(2)19-9)20(17,18)15-7-12-6-14-8-16(12)11-3-4-11/h5-6,8,11,15H,3-4,7H2,1-2H3. The van der Waals surface area contributed by atoms with Crippen molar-refractivity contribution in [1.82, 2.24) is 14.3 Å². The van der Waals surface area contributed by atoms with Gasteiger partial charge in [-0.05, 0) is 32.8 Å². The summed E-state index contributed by atoms with van der Waals surface area (Å²) in [4.78, 5) is 6.33. The predicted octanol–water partition coefficient (Wildman–Crippen LogP) is 2.37. The van der Waals surface area contributed by atoms with Crippen molar-refractivity contribution in [3.8, 4) is 0 Å². The van der Waals surface area contributed by atoms with Gasteiger partial charge in [0.25, 0.3) is 0 Å². The van der Waals surface area contributed by atoms with Gasteiger partial charge in [0, 0.05) is 22.0 Å². The van der Waals surface area contributed by atoms with E-state index < -0.39 is 10.0 Å². The number of hydrogen-bond acceptors (Lipinski definition) is 4. The number of hydrogen-bond donors (Lipinski definition) is 1. The van der Waals surface area contributed by atoms with Crippen LogP contribution in [0.1, 0.15) is 34.3 Å². The van der Waals surface area contributed by atoms with Crippen LogP contribution in [0, 0.1) is 13.8 Å². The molecule has 5 nitrogen and oxygen atoms in total. The first-order valence-electron chi connectivity index (χ1n) is 6.55. The second-order valence-corrected chi connectivity index (χ2v) is 8.32. The average molecular weight is 311 g/mol. The molecule has 1 saturated carbocycles. The van der Waals surface area contributed by atoms with Gasteiger partial charge in [-0.15, -0.1) is 11.3 Å². The summed E-state index contributed by atoms with van der Waals surface area (Å²) in [5, 5.41) is 0. The topological polar surface area (TPSA) is 64.0 Å². The van der Waals surface area contributed by atoms with E-state index in [4.69, 9.17) is 0 Å². The zero-order valence-electron chi connectivity index (χ0n) is 11.5. The number of imidazole rings is 1. The van der Waals surface area contributed by atoms with Gasteiger partial charge < -0.3 is 4.57 Å². The van der Waals surface area contributed by atoms with Crippen molar-refractivity contribution in [3.05, 3.63) is 34.0 Å². The molecule has 0 saturated heterocycles. The van der Waals surface area contributed by atoms with Gasteiger partial charge in [-0.25, -0.2) is 18.1 Å². The lowest BCUT2D eigenvalue weighted by Gasteiger charge is -2.08. The van der Waals surface area contributed by atoms with E-state index in [9.17, 15) is 8.42 Å². The Kier molecular flexibility index (Phi) is 3.43. The predicted molar refractivity (Wildman–Crippen MR) is 78.3 cm³/mol. The Balaban J connectivity index is 1.77. The van der Waals surface area contributed by atoms with Crippen LogP contribution in [0.5, 0.6) is 0 Å². The summed E-state index contributed by atoms with van der Waals surface area (Å²) in [5.74, 6) is 0. The number of sulfonamides is 1. The maximum Gasteiger partial charge on any atom is 0.242 e. The Hall–Kier alpha value is -1.18. The third kappa shape index (κ3) is 2.65. The molecule has 0 aliphatic heterocycles. The van der Waals surface area contributed by atoms with Crippen LogP contribution in [-0.4, -0.2) is 18.0 Å². The zero-order valence-corrected chi connectivity index (χ0v) is 13.1. The monoisotopic (exact) mass is 311 g/mol. The largest absolute Gasteiger partial charge is 0.330 e.